The molecule has 2 N–H and O–H groups in total. The van der Waals surface area contributed by atoms with Crippen LogP contribution in [0.5, 0.6) is 11.5 Å². The first kappa shape index (κ1) is 26.7. The number of ether oxygens (including phenoxy) is 2. The van der Waals surface area contributed by atoms with Crippen molar-refractivity contribution in [3.8, 4) is 11.5 Å². The maximum Gasteiger partial charge on any atom is 0.213 e. The molecule has 0 aliphatic rings. The Bertz CT molecular complexity index is 714. The van der Waals surface area contributed by atoms with E-state index in [0.29, 0.717) is 50.1 Å². The Morgan fingerprint density at radius 2 is 1.93 bits per heavy atom. The topological polar surface area (TPSA) is 92.3 Å². The Labute approximate surface area is 186 Å². The van der Waals surface area contributed by atoms with E-state index in [0.717, 1.165) is 5.69 Å². The molecule has 0 atom stereocenters. The van der Waals surface area contributed by atoms with Crippen molar-refractivity contribution in [1.82, 2.24) is 9.62 Å². The molecule has 0 fully saturated rings. The molecule has 1 aromatic carbocycles. The first-order chi connectivity index (χ1) is 12.9. The Morgan fingerprint density at radius 1 is 1.21 bits per heavy atom. The normalized spacial score (nSPS) is 11.7. The summed E-state index contributed by atoms with van der Waals surface area (Å²) in [5.41, 5.74) is 0.820. The largest absolute Gasteiger partial charge is 0.493 e. The fourth-order valence-corrected chi connectivity index (χ4v) is 3.16. The molecule has 162 valence electrons. The van der Waals surface area contributed by atoms with Gasteiger partial charge in [0.1, 0.15) is 0 Å². The maximum atomic E-state index is 11.7. The standard InChI is InChI=1S/C18H32N4O4S.HI/c1-6-19-18(20-12-9-13-22(4)27(23,24)8-3)21-15-10-11-16(26-7-2)17(14-15)25-5;/h10-11,14H,6-9,12-13H2,1-5H3,(H2,19,20,21);1H. The fraction of sp³-hybridized carbons (Fsp3) is 0.611. The Balaban J connectivity index is 0.00000729. The van der Waals surface area contributed by atoms with Crippen LogP contribution in [0.2, 0.25) is 0 Å². The van der Waals surface area contributed by atoms with Crippen LogP contribution in [-0.2, 0) is 10.0 Å². The summed E-state index contributed by atoms with van der Waals surface area (Å²) in [5.74, 6) is 2.07. The van der Waals surface area contributed by atoms with Gasteiger partial charge in [0.2, 0.25) is 10.0 Å². The predicted molar refractivity (Wildman–Crippen MR) is 126 cm³/mol. The van der Waals surface area contributed by atoms with E-state index in [1.54, 1.807) is 21.1 Å². The maximum absolute atomic E-state index is 11.7. The molecule has 0 bridgehead atoms. The molecule has 1 rings (SSSR count). The summed E-state index contributed by atoms with van der Waals surface area (Å²) >= 11 is 0. The van der Waals surface area contributed by atoms with Crippen LogP contribution in [0.1, 0.15) is 27.2 Å². The molecule has 28 heavy (non-hydrogen) atoms. The van der Waals surface area contributed by atoms with Gasteiger partial charge in [-0.2, -0.15) is 0 Å². The van der Waals surface area contributed by atoms with Crippen LogP contribution >= 0.6 is 24.0 Å². The summed E-state index contributed by atoms with van der Waals surface area (Å²) in [6.45, 7) is 7.77. The highest BCUT2D eigenvalue weighted by Crippen LogP contribution is 2.30. The van der Waals surface area contributed by atoms with Crippen LogP contribution in [0.15, 0.2) is 23.2 Å². The van der Waals surface area contributed by atoms with Gasteiger partial charge in [-0.15, -0.1) is 24.0 Å². The number of halogens is 1. The highest BCUT2D eigenvalue weighted by molar-refractivity contribution is 14.0. The SMILES string of the molecule is CCNC(=NCCCN(C)S(=O)(=O)CC)Nc1ccc(OCC)c(OC)c1.I. The summed E-state index contributed by atoms with van der Waals surface area (Å²) in [7, 11) is 0.0480. The molecule has 0 spiro atoms. The number of sulfonamides is 1. The second kappa shape index (κ2) is 13.8. The van der Waals surface area contributed by atoms with E-state index in [1.165, 1.54) is 4.31 Å². The molecule has 0 unspecified atom stereocenters. The zero-order chi connectivity index (χ0) is 20.3. The molecule has 0 aliphatic heterocycles. The number of anilines is 1. The number of aliphatic imine (C=N–C) groups is 1. The van der Waals surface area contributed by atoms with Crippen LogP contribution in [-0.4, -0.2) is 64.8 Å². The fourth-order valence-electron chi connectivity index (χ4n) is 2.31. The van der Waals surface area contributed by atoms with E-state index in [-0.39, 0.29) is 29.7 Å². The molecule has 1 aromatic rings. The first-order valence-corrected chi connectivity index (χ1v) is 10.8. The number of hydrogen-bond acceptors (Lipinski definition) is 5. The van der Waals surface area contributed by atoms with Crippen LogP contribution in [0.25, 0.3) is 0 Å². The Kier molecular flexibility index (Phi) is 13.2. The van der Waals surface area contributed by atoms with Crippen molar-refractivity contribution in [2.75, 3.05) is 51.5 Å². The minimum atomic E-state index is -3.15. The van der Waals surface area contributed by atoms with Crippen molar-refractivity contribution in [2.45, 2.75) is 27.2 Å². The molecule has 0 saturated carbocycles. The van der Waals surface area contributed by atoms with Crippen molar-refractivity contribution >= 4 is 45.6 Å². The molecule has 0 saturated heterocycles. The number of nitrogens with zero attached hydrogens (tertiary/aromatic N) is 2. The van der Waals surface area contributed by atoms with E-state index in [4.69, 9.17) is 9.47 Å². The van der Waals surface area contributed by atoms with Crippen molar-refractivity contribution in [1.29, 1.82) is 0 Å². The quantitative estimate of drug-likeness (QED) is 0.199. The molecule has 0 heterocycles. The van der Waals surface area contributed by atoms with E-state index >= 15 is 0 Å². The highest BCUT2D eigenvalue weighted by Gasteiger charge is 2.14. The molecule has 0 radical (unpaired) electrons. The monoisotopic (exact) mass is 528 g/mol. The second-order valence-electron chi connectivity index (χ2n) is 5.76. The van der Waals surface area contributed by atoms with Crippen molar-refractivity contribution < 1.29 is 17.9 Å². The van der Waals surface area contributed by atoms with E-state index < -0.39 is 10.0 Å². The van der Waals surface area contributed by atoms with Gasteiger partial charge in [-0.25, -0.2) is 12.7 Å². The van der Waals surface area contributed by atoms with E-state index in [1.807, 2.05) is 32.0 Å². The van der Waals surface area contributed by atoms with Gasteiger partial charge >= 0.3 is 0 Å². The van der Waals surface area contributed by atoms with Gasteiger partial charge in [-0.05, 0) is 39.3 Å². The van der Waals surface area contributed by atoms with Crippen molar-refractivity contribution in [3.63, 3.8) is 0 Å². The first-order valence-electron chi connectivity index (χ1n) is 9.18. The summed E-state index contributed by atoms with van der Waals surface area (Å²) < 4.78 is 35.8. The summed E-state index contributed by atoms with van der Waals surface area (Å²) in [5, 5.41) is 6.40. The van der Waals surface area contributed by atoms with Crippen LogP contribution in [0, 0.1) is 0 Å². The minimum Gasteiger partial charge on any atom is -0.493 e. The number of hydrogen-bond donors (Lipinski definition) is 2. The van der Waals surface area contributed by atoms with Gasteiger partial charge in [0.25, 0.3) is 0 Å². The smallest absolute Gasteiger partial charge is 0.213 e. The molecular weight excluding hydrogens is 495 g/mol. The van der Waals surface area contributed by atoms with Crippen LogP contribution in [0.4, 0.5) is 5.69 Å². The number of nitrogens with one attached hydrogen (secondary N) is 2. The Hall–Kier alpha value is -1.27. The lowest BCUT2D eigenvalue weighted by Gasteiger charge is -2.16. The number of benzene rings is 1. The molecular formula is C18H33IN4O4S. The van der Waals surface area contributed by atoms with Crippen LogP contribution in [0.3, 0.4) is 0 Å². The highest BCUT2D eigenvalue weighted by atomic mass is 127. The van der Waals surface area contributed by atoms with Crippen molar-refractivity contribution in [2.24, 2.45) is 4.99 Å². The molecule has 8 nitrogen and oxygen atoms in total. The molecule has 0 amide bonds. The predicted octanol–water partition coefficient (Wildman–Crippen LogP) is 2.76. The lowest BCUT2D eigenvalue weighted by atomic mass is 10.2. The number of methoxy groups -OCH3 is 1. The third-order valence-electron chi connectivity index (χ3n) is 3.81. The molecule has 0 aliphatic carbocycles. The average molecular weight is 528 g/mol. The molecule has 10 heteroatoms. The molecule has 0 aromatic heterocycles. The van der Waals surface area contributed by atoms with Gasteiger partial charge in [0.05, 0.1) is 19.5 Å². The summed E-state index contributed by atoms with van der Waals surface area (Å²) in [4.78, 5) is 4.50. The zero-order valence-electron chi connectivity index (χ0n) is 17.3. The van der Waals surface area contributed by atoms with E-state index in [2.05, 4.69) is 15.6 Å². The third kappa shape index (κ3) is 8.82. The lowest BCUT2D eigenvalue weighted by Crippen LogP contribution is -2.32. The van der Waals surface area contributed by atoms with Gasteiger partial charge in [0, 0.05) is 38.4 Å². The van der Waals surface area contributed by atoms with Gasteiger partial charge in [0.15, 0.2) is 17.5 Å². The minimum absolute atomic E-state index is 0. The van der Waals surface area contributed by atoms with Gasteiger partial charge in [-0.3, -0.25) is 4.99 Å². The number of rotatable bonds is 11. The third-order valence-corrected chi connectivity index (χ3v) is 5.67. The Morgan fingerprint density at radius 3 is 2.50 bits per heavy atom. The van der Waals surface area contributed by atoms with Gasteiger partial charge < -0.3 is 20.1 Å². The summed E-state index contributed by atoms with van der Waals surface area (Å²) in [6, 6.07) is 5.58. The van der Waals surface area contributed by atoms with E-state index in [9.17, 15) is 8.42 Å². The second-order valence-corrected chi connectivity index (χ2v) is 8.12. The van der Waals surface area contributed by atoms with Crippen LogP contribution < -0.4 is 20.1 Å². The van der Waals surface area contributed by atoms with Crippen molar-refractivity contribution in [3.05, 3.63) is 18.2 Å². The lowest BCUT2D eigenvalue weighted by molar-refractivity contribution is 0.311. The van der Waals surface area contributed by atoms with Gasteiger partial charge in [-0.1, -0.05) is 0 Å². The zero-order valence-corrected chi connectivity index (χ0v) is 20.5. The number of guanidine groups is 1. The average Bonchev–Trinajstić information content (AvgIpc) is 2.66. The summed E-state index contributed by atoms with van der Waals surface area (Å²) in [6.07, 6.45) is 0.638.